The number of hydrogen-bond acceptors (Lipinski definition) is 2. The molecule has 0 spiro atoms. The average Bonchev–Trinajstić information content (AvgIpc) is 2.59. The fourth-order valence-electron chi connectivity index (χ4n) is 2.97. The minimum Gasteiger partial charge on any atom is -0.211 e. The Morgan fingerprint density at radius 3 is 1.64 bits per heavy atom. The summed E-state index contributed by atoms with van der Waals surface area (Å²) in [6, 6.07) is 7.00. The second-order valence-corrected chi connectivity index (χ2v) is 8.87. The van der Waals surface area contributed by atoms with Gasteiger partial charge in [0.15, 0.2) is 0 Å². The Morgan fingerprint density at radius 2 is 1.16 bits per heavy atom. The molecule has 1 aromatic carbocycles. The lowest BCUT2D eigenvalue weighted by Gasteiger charge is -2.07. The van der Waals surface area contributed by atoms with E-state index < -0.39 is 10.0 Å². The highest BCUT2D eigenvalue weighted by Crippen LogP contribution is 2.12. The molecule has 0 atom stereocenters. The molecule has 0 saturated heterocycles. The molecule has 0 radical (unpaired) electrons. The van der Waals surface area contributed by atoms with Crippen LogP contribution in [0.1, 0.15) is 89.5 Å². The maximum absolute atomic E-state index is 12.1. The largest absolute Gasteiger partial charge is 0.240 e. The van der Waals surface area contributed by atoms with E-state index in [2.05, 4.69) is 11.6 Å². The molecule has 1 rings (SSSR count). The van der Waals surface area contributed by atoms with E-state index in [1.807, 2.05) is 19.1 Å². The summed E-state index contributed by atoms with van der Waals surface area (Å²) >= 11 is 0. The van der Waals surface area contributed by atoms with E-state index in [9.17, 15) is 8.42 Å². The lowest BCUT2D eigenvalue weighted by Crippen LogP contribution is -2.24. The van der Waals surface area contributed by atoms with E-state index in [1.165, 1.54) is 64.2 Å². The fraction of sp³-hybridized carbons (Fsp3) is 0.714. The van der Waals surface area contributed by atoms with Crippen molar-refractivity contribution in [3.05, 3.63) is 29.8 Å². The van der Waals surface area contributed by atoms with Gasteiger partial charge in [-0.1, -0.05) is 95.2 Å². The Hall–Kier alpha value is -0.870. The summed E-state index contributed by atoms with van der Waals surface area (Å²) in [4.78, 5) is 0.358. The summed E-state index contributed by atoms with van der Waals surface area (Å²) in [5.41, 5.74) is 1.07. The molecule has 0 aromatic heterocycles. The molecule has 0 aliphatic carbocycles. The van der Waals surface area contributed by atoms with Crippen LogP contribution in [-0.2, 0) is 10.0 Å². The van der Waals surface area contributed by atoms with Crippen molar-refractivity contribution in [1.29, 1.82) is 0 Å². The highest BCUT2D eigenvalue weighted by molar-refractivity contribution is 7.89. The van der Waals surface area contributed by atoms with Crippen LogP contribution in [0.25, 0.3) is 0 Å². The zero-order chi connectivity index (χ0) is 18.4. The van der Waals surface area contributed by atoms with Gasteiger partial charge in [-0.15, -0.1) is 0 Å². The van der Waals surface area contributed by atoms with Crippen molar-refractivity contribution >= 4 is 10.0 Å². The van der Waals surface area contributed by atoms with Gasteiger partial charge in [0.2, 0.25) is 10.0 Å². The van der Waals surface area contributed by atoms with Gasteiger partial charge in [0.1, 0.15) is 0 Å². The van der Waals surface area contributed by atoms with Crippen molar-refractivity contribution < 1.29 is 8.42 Å². The minimum absolute atomic E-state index is 0.358. The maximum Gasteiger partial charge on any atom is 0.240 e. The summed E-state index contributed by atoms with van der Waals surface area (Å²) in [7, 11) is -3.34. The number of unbranched alkanes of at least 4 members (excludes halogenated alkanes) is 11. The normalized spacial score (nSPS) is 11.8. The third kappa shape index (κ3) is 10.7. The predicted molar refractivity (Wildman–Crippen MR) is 107 cm³/mol. The van der Waals surface area contributed by atoms with Gasteiger partial charge in [0, 0.05) is 6.54 Å². The maximum atomic E-state index is 12.1. The van der Waals surface area contributed by atoms with E-state index >= 15 is 0 Å². The number of sulfonamides is 1. The van der Waals surface area contributed by atoms with Gasteiger partial charge in [-0.05, 0) is 25.5 Å². The van der Waals surface area contributed by atoms with E-state index in [4.69, 9.17) is 0 Å². The first-order chi connectivity index (χ1) is 12.1. The van der Waals surface area contributed by atoms with Crippen LogP contribution in [0.5, 0.6) is 0 Å². The second-order valence-electron chi connectivity index (χ2n) is 7.10. The molecule has 0 unspecified atom stereocenters. The van der Waals surface area contributed by atoms with Crippen LogP contribution in [0, 0.1) is 6.92 Å². The van der Waals surface area contributed by atoms with Crippen molar-refractivity contribution in [2.75, 3.05) is 6.54 Å². The zero-order valence-electron chi connectivity index (χ0n) is 16.2. The third-order valence-electron chi connectivity index (χ3n) is 4.65. The fourth-order valence-corrected chi connectivity index (χ4v) is 4.05. The molecular weight excluding hydrogens is 330 g/mol. The molecule has 0 aliphatic rings. The SMILES string of the molecule is CCCCCCCCCCCCCCNS(=O)(=O)c1ccc(C)cc1. The average molecular weight is 368 g/mol. The van der Waals surface area contributed by atoms with Crippen molar-refractivity contribution in [2.24, 2.45) is 0 Å². The minimum atomic E-state index is -3.34. The van der Waals surface area contributed by atoms with Crippen molar-refractivity contribution in [3.8, 4) is 0 Å². The molecule has 144 valence electrons. The molecule has 1 aromatic rings. The Bertz CT molecular complexity index is 538. The summed E-state index contributed by atoms with van der Waals surface area (Å²) in [6.07, 6.45) is 15.4. The molecule has 0 heterocycles. The Labute approximate surface area is 155 Å². The van der Waals surface area contributed by atoms with E-state index in [0.717, 1.165) is 18.4 Å². The summed E-state index contributed by atoms with van der Waals surface area (Å²) in [5, 5.41) is 0. The van der Waals surface area contributed by atoms with Gasteiger partial charge in [0.05, 0.1) is 4.90 Å². The van der Waals surface area contributed by atoms with Gasteiger partial charge < -0.3 is 0 Å². The Morgan fingerprint density at radius 1 is 0.720 bits per heavy atom. The first-order valence-electron chi connectivity index (χ1n) is 10.1. The highest BCUT2D eigenvalue weighted by Gasteiger charge is 2.12. The first-order valence-corrected chi connectivity index (χ1v) is 11.6. The lowest BCUT2D eigenvalue weighted by atomic mass is 10.1. The van der Waals surface area contributed by atoms with Gasteiger partial charge in [0.25, 0.3) is 0 Å². The van der Waals surface area contributed by atoms with Crippen molar-refractivity contribution in [1.82, 2.24) is 4.72 Å². The monoisotopic (exact) mass is 367 g/mol. The predicted octanol–water partition coefficient (Wildman–Crippen LogP) is 5.97. The summed E-state index contributed by atoms with van der Waals surface area (Å²) < 4.78 is 27.0. The van der Waals surface area contributed by atoms with Crippen molar-refractivity contribution in [2.45, 2.75) is 95.8 Å². The van der Waals surface area contributed by atoms with Gasteiger partial charge >= 0.3 is 0 Å². The quantitative estimate of drug-likeness (QED) is 0.388. The smallest absolute Gasteiger partial charge is 0.211 e. The second kappa shape index (κ2) is 13.3. The van der Waals surface area contributed by atoms with Crippen LogP contribution in [0.4, 0.5) is 0 Å². The lowest BCUT2D eigenvalue weighted by molar-refractivity contribution is 0.540. The molecule has 0 amide bonds. The molecule has 0 aliphatic heterocycles. The van der Waals surface area contributed by atoms with E-state index in [-0.39, 0.29) is 0 Å². The first kappa shape index (κ1) is 22.2. The van der Waals surface area contributed by atoms with E-state index in [1.54, 1.807) is 12.1 Å². The third-order valence-corrected chi connectivity index (χ3v) is 6.13. The molecule has 3 nitrogen and oxygen atoms in total. The summed E-state index contributed by atoms with van der Waals surface area (Å²) in [6.45, 7) is 4.75. The van der Waals surface area contributed by atoms with Gasteiger partial charge in [-0.2, -0.15) is 0 Å². The molecular formula is C21H37NO2S. The topological polar surface area (TPSA) is 46.2 Å². The van der Waals surface area contributed by atoms with Gasteiger partial charge in [-0.3, -0.25) is 0 Å². The van der Waals surface area contributed by atoms with Crippen LogP contribution < -0.4 is 4.72 Å². The van der Waals surface area contributed by atoms with Crippen LogP contribution in [0.15, 0.2) is 29.2 Å². The van der Waals surface area contributed by atoms with Crippen LogP contribution in [0.3, 0.4) is 0 Å². The van der Waals surface area contributed by atoms with Crippen molar-refractivity contribution in [3.63, 3.8) is 0 Å². The standard InChI is InChI=1S/C21H37NO2S/c1-3-4-5-6-7-8-9-10-11-12-13-14-19-22-25(23,24)21-17-15-20(2)16-18-21/h15-18,22H,3-14,19H2,1-2H3. The number of hydrogen-bond donors (Lipinski definition) is 1. The number of rotatable bonds is 15. The number of nitrogens with one attached hydrogen (secondary N) is 1. The molecule has 1 N–H and O–H groups in total. The molecule has 25 heavy (non-hydrogen) atoms. The van der Waals surface area contributed by atoms with Crippen LogP contribution >= 0.6 is 0 Å². The van der Waals surface area contributed by atoms with Crippen LogP contribution in [0.2, 0.25) is 0 Å². The van der Waals surface area contributed by atoms with Crippen LogP contribution in [-0.4, -0.2) is 15.0 Å². The Balaban J connectivity index is 1.97. The highest BCUT2D eigenvalue weighted by atomic mass is 32.2. The summed E-state index contributed by atoms with van der Waals surface area (Å²) in [5.74, 6) is 0. The zero-order valence-corrected chi connectivity index (χ0v) is 17.0. The molecule has 4 heteroatoms. The number of benzene rings is 1. The Kier molecular flexibility index (Phi) is 11.8. The number of aryl methyl sites for hydroxylation is 1. The van der Waals surface area contributed by atoms with E-state index in [0.29, 0.717) is 11.4 Å². The van der Waals surface area contributed by atoms with Gasteiger partial charge in [-0.25, -0.2) is 13.1 Å². The molecule has 0 saturated carbocycles. The molecule has 0 bridgehead atoms. The molecule has 0 fully saturated rings.